The van der Waals surface area contributed by atoms with Gasteiger partial charge in [-0.25, -0.2) is 14.6 Å². The molecule has 0 aromatic carbocycles. The Balaban J connectivity index is 2.42. The monoisotopic (exact) mass is 297 g/mol. The van der Waals surface area contributed by atoms with Gasteiger partial charge in [0.1, 0.15) is 12.4 Å². The molecule has 0 aliphatic carbocycles. The lowest BCUT2D eigenvalue weighted by Crippen LogP contribution is -2.07. The molecule has 6 nitrogen and oxygen atoms in total. The van der Waals surface area contributed by atoms with Crippen molar-refractivity contribution in [2.24, 2.45) is 0 Å². The van der Waals surface area contributed by atoms with Crippen molar-refractivity contribution in [3.8, 4) is 5.82 Å². The lowest BCUT2D eigenvalue weighted by Gasteiger charge is -2.07. The summed E-state index contributed by atoms with van der Waals surface area (Å²) in [5, 5.41) is 7.16. The van der Waals surface area contributed by atoms with E-state index in [9.17, 15) is 0 Å². The van der Waals surface area contributed by atoms with Crippen molar-refractivity contribution in [1.82, 2.24) is 19.7 Å². The third-order valence-electron chi connectivity index (χ3n) is 2.07. The van der Waals surface area contributed by atoms with Crippen molar-refractivity contribution < 1.29 is 4.74 Å². The van der Waals surface area contributed by atoms with E-state index >= 15 is 0 Å². The number of aromatic nitrogens is 4. The highest BCUT2D eigenvalue weighted by atomic mass is 79.9. The van der Waals surface area contributed by atoms with Crippen LogP contribution in [-0.2, 0) is 11.3 Å². The molecule has 7 heteroatoms. The van der Waals surface area contributed by atoms with Crippen molar-refractivity contribution in [3.63, 3.8) is 0 Å². The molecule has 0 bridgehead atoms. The van der Waals surface area contributed by atoms with Crippen LogP contribution in [0.3, 0.4) is 0 Å². The van der Waals surface area contributed by atoms with Crippen LogP contribution in [0.1, 0.15) is 5.82 Å². The van der Waals surface area contributed by atoms with Crippen LogP contribution in [-0.4, -0.2) is 33.9 Å². The minimum Gasteiger partial charge on any atom is -0.377 e. The van der Waals surface area contributed by atoms with Crippen LogP contribution < -0.4 is 5.32 Å². The number of hydrogen-bond donors (Lipinski definition) is 1. The Kier molecular flexibility index (Phi) is 3.70. The Bertz CT molecular complexity index is 513. The maximum Gasteiger partial charge on any atom is 0.159 e. The molecular formula is C10H12BrN5O. The molecule has 2 rings (SSSR count). The zero-order valence-electron chi connectivity index (χ0n) is 9.51. The van der Waals surface area contributed by atoms with Crippen LogP contribution in [0.2, 0.25) is 0 Å². The molecule has 0 atom stereocenters. The van der Waals surface area contributed by atoms with E-state index in [0.29, 0.717) is 18.2 Å². The van der Waals surface area contributed by atoms with Gasteiger partial charge in [-0.3, -0.25) is 0 Å². The Morgan fingerprint density at radius 2 is 2.29 bits per heavy atom. The van der Waals surface area contributed by atoms with Gasteiger partial charge in [-0.1, -0.05) is 0 Å². The molecule has 17 heavy (non-hydrogen) atoms. The molecule has 0 spiro atoms. The number of nitrogens with one attached hydrogen (secondary N) is 1. The zero-order chi connectivity index (χ0) is 12.3. The van der Waals surface area contributed by atoms with E-state index in [1.165, 1.54) is 0 Å². The topological polar surface area (TPSA) is 64.9 Å². The molecule has 0 radical (unpaired) electrons. The summed E-state index contributed by atoms with van der Waals surface area (Å²) in [5.74, 6) is 2.04. The van der Waals surface area contributed by atoms with E-state index < -0.39 is 0 Å². The second-order valence-electron chi connectivity index (χ2n) is 3.31. The highest BCUT2D eigenvalue weighted by molar-refractivity contribution is 9.10. The van der Waals surface area contributed by atoms with E-state index in [-0.39, 0.29) is 0 Å². The molecule has 2 aromatic rings. The molecule has 1 N–H and O–H groups in total. The van der Waals surface area contributed by atoms with Gasteiger partial charge in [0.2, 0.25) is 0 Å². The fourth-order valence-corrected chi connectivity index (χ4v) is 1.63. The van der Waals surface area contributed by atoms with Crippen LogP contribution in [0.5, 0.6) is 0 Å². The predicted molar refractivity (Wildman–Crippen MR) is 67.1 cm³/mol. The zero-order valence-corrected chi connectivity index (χ0v) is 11.1. The van der Waals surface area contributed by atoms with E-state index in [1.807, 2.05) is 19.3 Å². The minimum absolute atomic E-state index is 0.366. The second-order valence-corrected chi connectivity index (χ2v) is 4.23. The quantitative estimate of drug-likeness (QED) is 0.929. The van der Waals surface area contributed by atoms with Crippen LogP contribution in [0.4, 0.5) is 5.82 Å². The van der Waals surface area contributed by atoms with E-state index in [1.54, 1.807) is 18.0 Å². The maximum atomic E-state index is 5.03. The van der Waals surface area contributed by atoms with E-state index in [0.717, 1.165) is 10.3 Å². The second kappa shape index (κ2) is 5.24. The third-order valence-corrected chi connectivity index (χ3v) is 2.48. The fourth-order valence-electron chi connectivity index (χ4n) is 1.35. The van der Waals surface area contributed by atoms with Crippen molar-refractivity contribution in [3.05, 3.63) is 28.8 Å². The van der Waals surface area contributed by atoms with Gasteiger partial charge in [0.15, 0.2) is 11.6 Å². The first-order chi connectivity index (χ1) is 8.22. The van der Waals surface area contributed by atoms with Crippen LogP contribution in [0, 0.1) is 0 Å². The van der Waals surface area contributed by atoms with Gasteiger partial charge in [0.25, 0.3) is 0 Å². The molecule has 0 aliphatic heterocycles. The van der Waals surface area contributed by atoms with Crippen molar-refractivity contribution in [2.45, 2.75) is 6.61 Å². The van der Waals surface area contributed by atoms with Crippen molar-refractivity contribution >= 4 is 21.7 Å². The van der Waals surface area contributed by atoms with Gasteiger partial charge in [-0.2, -0.15) is 5.10 Å². The summed E-state index contributed by atoms with van der Waals surface area (Å²) in [5.41, 5.74) is 0. The number of methoxy groups -OCH3 is 1. The first-order valence-electron chi connectivity index (χ1n) is 4.98. The van der Waals surface area contributed by atoms with Crippen LogP contribution in [0.15, 0.2) is 22.9 Å². The highest BCUT2D eigenvalue weighted by Gasteiger charge is 2.06. The summed E-state index contributed by atoms with van der Waals surface area (Å²) >= 11 is 3.35. The summed E-state index contributed by atoms with van der Waals surface area (Å²) in [7, 11) is 3.42. The Labute approximate surface area is 107 Å². The smallest absolute Gasteiger partial charge is 0.159 e. The van der Waals surface area contributed by atoms with Gasteiger partial charge >= 0.3 is 0 Å². The Morgan fingerprint density at radius 1 is 1.47 bits per heavy atom. The normalized spacial score (nSPS) is 10.5. The molecule has 0 aliphatic rings. The summed E-state index contributed by atoms with van der Waals surface area (Å²) in [6.07, 6.45) is 3.54. The molecule has 0 unspecified atom stereocenters. The first kappa shape index (κ1) is 12.0. The fraction of sp³-hybridized carbons (Fsp3) is 0.300. The van der Waals surface area contributed by atoms with Gasteiger partial charge in [-0.15, -0.1) is 0 Å². The molecule has 0 saturated heterocycles. The summed E-state index contributed by atoms with van der Waals surface area (Å²) in [6.45, 7) is 0.366. The average molecular weight is 298 g/mol. The number of anilines is 1. The minimum atomic E-state index is 0.366. The van der Waals surface area contributed by atoms with E-state index in [2.05, 4.69) is 36.3 Å². The molecule has 0 saturated carbocycles. The highest BCUT2D eigenvalue weighted by Crippen LogP contribution is 2.14. The van der Waals surface area contributed by atoms with Gasteiger partial charge < -0.3 is 10.1 Å². The average Bonchev–Trinajstić information content (AvgIpc) is 2.76. The molecule has 0 fully saturated rings. The number of hydrogen-bond acceptors (Lipinski definition) is 5. The van der Waals surface area contributed by atoms with Crippen LogP contribution >= 0.6 is 15.9 Å². The van der Waals surface area contributed by atoms with Crippen molar-refractivity contribution in [2.75, 3.05) is 19.5 Å². The SMILES string of the molecule is CNc1cc(-n2cc(Br)cn2)nc(COC)n1. The summed E-state index contributed by atoms with van der Waals surface area (Å²) in [4.78, 5) is 8.63. The van der Waals surface area contributed by atoms with Crippen molar-refractivity contribution in [1.29, 1.82) is 0 Å². The summed E-state index contributed by atoms with van der Waals surface area (Å²) in [6, 6.07) is 1.82. The Hall–Kier alpha value is -1.47. The number of halogens is 1. The number of ether oxygens (including phenoxy) is 1. The third kappa shape index (κ3) is 2.80. The lowest BCUT2D eigenvalue weighted by atomic mass is 10.5. The van der Waals surface area contributed by atoms with Gasteiger partial charge in [0, 0.05) is 26.4 Å². The summed E-state index contributed by atoms with van der Waals surface area (Å²) < 4.78 is 7.60. The van der Waals surface area contributed by atoms with Gasteiger partial charge in [-0.05, 0) is 15.9 Å². The molecule has 90 valence electrons. The molecular weight excluding hydrogens is 286 g/mol. The number of rotatable bonds is 4. The molecule has 0 amide bonds. The van der Waals surface area contributed by atoms with Crippen LogP contribution in [0.25, 0.3) is 5.82 Å². The first-order valence-corrected chi connectivity index (χ1v) is 5.77. The standard InChI is InChI=1S/C10H12BrN5O/c1-12-8-3-10(15-9(14-8)6-17-2)16-5-7(11)4-13-16/h3-5H,6H2,1-2H3,(H,12,14,15). The largest absolute Gasteiger partial charge is 0.377 e. The maximum absolute atomic E-state index is 5.03. The molecule has 2 aromatic heterocycles. The van der Waals surface area contributed by atoms with Gasteiger partial charge in [0.05, 0.1) is 10.7 Å². The van der Waals surface area contributed by atoms with E-state index in [4.69, 9.17) is 4.74 Å². The Morgan fingerprint density at radius 3 is 2.88 bits per heavy atom. The lowest BCUT2D eigenvalue weighted by molar-refractivity contribution is 0.178. The number of nitrogens with zero attached hydrogens (tertiary/aromatic N) is 4. The predicted octanol–water partition coefficient (Wildman–Crippen LogP) is 1.61. The molecule has 2 heterocycles.